The Kier molecular flexibility index (Phi) is 1.13. The van der Waals surface area contributed by atoms with Gasteiger partial charge in [0.1, 0.15) is 0 Å². The van der Waals surface area contributed by atoms with Gasteiger partial charge in [-0.1, -0.05) is 6.08 Å². The topological polar surface area (TPSA) is 29.0 Å². The third-order valence-electron chi connectivity index (χ3n) is 1.12. The molecule has 0 spiro atoms. The van der Waals surface area contributed by atoms with Crippen molar-refractivity contribution in [2.45, 2.75) is 6.17 Å². The van der Waals surface area contributed by atoms with Gasteiger partial charge in [0, 0.05) is 13.1 Å². The molecule has 1 heterocycles. The predicted octanol–water partition coefficient (Wildman–Crippen LogP) is -0.227. The largest absolute Gasteiger partial charge is 0.315 e. The van der Waals surface area contributed by atoms with Gasteiger partial charge in [-0.25, -0.2) is 0 Å². The van der Waals surface area contributed by atoms with Crippen LogP contribution in [0.2, 0.25) is 0 Å². The van der Waals surface area contributed by atoms with Crippen LogP contribution in [-0.4, -0.2) is 24.2 Å². The molecule has 0 aromatic rings. The van der Waals surface area contributed by atoms with Crippen LogP contribution in [0.15, 0.2) is 12.7 Å². The van der Waals surface area contributed by atoms with E-state index in [1.165, 1.54) is 0 Å². The van der Waals surface area contributed by atoms with E-state index in [0.717, 1.165) is 13.1 Å². The van der Waals surface area contributed by atoms with E-state index in [1.807, 2.05) is 6.08 Å². The zero-order valence-corrected chi connectivity index (χ0v) is 4.30. The van der Waals surface area contributed by atoms with Gasteiger partial charge in [-0.3, -0.25) is 4.90 Å². The van der Waals surface area contributed by atoms with Gasteiger partial charge in [-0.2, -0.15) is 0 Å². The minimum atomic E-state index is 0.331. The summed E-state index contributed by atoms with van der Waals surface area (Å²) in [6.07, 6.45) is 2.20. The smallest absolute Gasteiger partial charge is 0.0707 e. The van der Waals surface area contributed by atoms with E-state index in [4.69, 9.17) is 5.73 Å². The van der Waals surface area contributed by atoms with Gasteiger partial charge >= 0.3 is 0 Å². The summed E-state index contributed by atoms with van der Waals surface area (Å²) in [5, 5.41) is 0. The van der Waals surface area contributed by atoms with E-state index in [0.29, 0.717) is 6.17 Å². The van der Waals surface area contributed by atoms with Gasteiger partial charge in [0.15, 0.2) is 0 Å². The van der Waals surface area contributed by atoms with Crippen molar-refractivity contribution in [3.63, 3.8) is 0 Å². The zero-order chi connectivity index (χ0) is 5.28. The lowest BCUT2D eigenvalue weighted by Crippen LogP contribution is -2.09. The summed E-state index contributed by atoms with van der Waals surface area (Å²) in [5.74, 6) is 0. The van der Waals surface area contributed by atoms with Crippen molar-refractivity contribution >= 4 is 0 Å². The summed E-state index contributed by atoms with van der Waals surface area (Å²) >= 11 is 0. The van der Waals surface area contributed by atoms with Crippen LogP contribution in [0.25, 0.3) is 0 Å². The molecule has 0 aromatic heterocycles. The fourth-order valence-corrected chi connectivity index (χ4v) is 0.569. The van der Waals surface area contributed by atoms with Crippen LogP contribution in [0.5, 0.6) is 0 Å². The second-order valence-electron chi connectivity index (χ2n) is 1.81. The van der Waals surface area contributed by atoms with Crippen LogP contribution >= 0.6 is 0 Å². The summed E-state index contributed by atoms with van der Waals surface area (Å²) in [4.78, 5) is 2.13. The Morgan fingerprint density at radius 1 is 2.00 bits per heavy atom. The molecule has 2 nitrogen and oxygen atoms in total. The molecule has 40 valence electrons. The van der Waals surface area contributed by atoms with Crippen LogP contribution in [0.3, 0.4) is 0 Å². The number of hydrogen-bond donors (Lipinski definition) is 1. The van der Waals surface area contributed by atoms with E-state index >= 15 is 0 Å². The maximum Gasteiger partial charge on any atom is 0.0707 e. The molecule has 0 radical (unpaired) electrons. The maximum absolute atomic E-state index is 5.43. The lowest BCUT2D eigenvalue weighted by Gasteiger charge is -1.89. The molecule has 0 amide bonds. The molecule has 2 heteroatoms. The lowest BCUT2D eigenvalue weighted by atomic mass is 10.6. The van der Waals surface area contributed by atoms with Crippen molar-refractivity contribution in [2.75, 3.05) is 13.1 Å². The molecule has 2 unspecified atom stereocenters. The second-order valence-corrected chi connectivity index (χ2v) is 1.81. The average molecular weight is 98.1 g/mol. The Bertz CT molecular complexity index is 80.1. The molecule has 0 aromatic carbocycles. The molecule has 1 saturated heterocycles. The summed E-state index contributed by atoms with van der Waals surface area (Å²) in [6, 6.07) is 0. The Morgan fingerprint density at radius 2 is 2.57 bits per heavy atom. The first-order valence-corrected chi connectivity index (χ1v) is 2.45. The molecule has 1 aliphatic rings. The first-order valence-electron chi connectivity index (χ1n) is 2.45. The van der Waals surface area contributed by atoms with Crippen molar-refractivity contribution in [1.29, 1.82) is 0 Å². The number of hydrogen-bond acceptors (Lipinski definition) is 2. The monoisotopic (exact) mass is 98.1 g/mol. The van der Waals surface area contributed by atoms with Gasteiger partial charge in [0.25, 0.3) is 0 Å². The quantitative estimate of drug-likeness (QED) is 0.382. The summed E-state index contributed by atoms with van der Waals surface area (Å²) < 4.78 is 0. The minimum absolute atomic E-state index is 0.331. The van der Waals surface area contributed by atoms with Crippen molar-refractivity contribution in [3.8, 4) is 0 Å². The van der Waals surface area contributed by atoms with Crippen LogP contribution in [0, 0.1) is 0 Å². The zero-order valence-electron chi connectivity index (χ0n) is 4.30. The van der Waals surface area contributed by atoms with Crippen LogP contribution in [-0.2, 0) is 0 Å². The first kappa shape index (κ1) is 4.81. The van der Waals surface area contributed by atoms with Gasteiger partial charge in [-0.15, -0.1) is 6.58 Å². The third kappa shape index (κ3) is 1.01. The van der Waals surface area contributed by atoms with E-state index in [2.05, 4.69) is 11.5 Å². The van der Waals surface area contributed by atoms with Crippen molar-refractivity contribution < 1.29 is 0 Å². The first-order chi connectivity index (χ1) is 3.34. The van der Waals surface area contributed by atoms with Gasteiger partial charge < -0.3 is 5.73 Å². The highest BCUT2D eigenvalue weighted by Gasteiger charge is 2.27. The van der Waals surface area contributed by atoms with Crippen LogP contribution < -0.4 is 5.73 Å². The number of rotatable bonds is 2. The Morgan fingerprint density at radius 3 is 2.71 bits per heavy atom. The van der Waals surface area contributed by atoms with Crippen LogP contribution in [0.1, 0.15) is 0 Å². The molecule has 2 N–H and O–H groups in total. The summed E-state index contributed by atoms with van der Waals surface area (Å²) in [7, 11) is 0. The van der Waals surface area contributed by atoms with Crippen molar-refractivity contribution in [2.24, 2.45) is 5.73 Å². The Labute approximate surface area is 43.6 Å². The van der Waals surface area contributed by atoms with Crippen molar-refractivity contribution in [3.05, 3.63) is 12.7 Å². The van der Waals surface area contributed by atoms with Crippen LogP contribution in [0.4, 0.5) is 0 Å². The van der Waals surface area contributed by atoms with E-state index in [9.17, 15) is 0 Å². The highest BCUT2D eigenvalue weighted by atomic mass is 15.4. The fourth-order valence-electron chi connectivity index (χ4n) is 0.569. The molecule has 1 rings (SSSR count). The van der Waals surface area contributed by atoms with E-state index < -0.39 is 0 Å². The predicted molar refractivity (Wildman–Crippen MR) is 29.7 cm³/mol. The Balaban J connectivity index is 2.08. The normalized spacial score (nSPS) is 37.9. The maximum atomic E-state index is 5.43. The highest BCUT2D eigenvalue weighted by molar-refractivity contribution is 4.88. The summed E-state index contributed by atoms with van der Waals surface area (Å²) in [6.45, 7) is 5.57. The average Bonchev–Trinajstić information content (AvgIpc) is 2.22. The highest BCUT2D eigenvalue weighted by Crippen LogP contribution is 2.08. The number of nitrogens with two attached hydrogens (primary N) is 1. The van der Waals surface area contributed by atoms with E-state index in [-0.39, 0.29) is 0 Å². The third-order valence-corrected chi connectivity index (χ3v) is 1.12. The summed E-state index contributed by atoms with van der Waals surface area (Å²) in [5.41, 5.74) is 5.43. The molecule has 1 fully saturated rings. The molecule has 0 saturated carbocycles. The van der Waals surface area contributed by atoms with Gasteiger partial charge in [0.2, 0.25) is 0 Å². The van der Waals surface area contributed by atoms with E-state index in [1.54, 1.807) is 0 Å². The molecule has 7 heavy (non-hydrogen) atoms. The van der Waals surface area contributed by atoms with Gasteiger partial charge in [0.05, 0.1) is 6.17 Å². The lowest BCUT2D eigenvalue weighted by molar-refractivity contribution is 0.570. The SMILES string of the molecule is C=CCN1CC1N. The Hall–Kier alpha value is -0.340. The second kappa shape index (κ2) is 1.64. The molecule has 0 bridgehead atoms. The van der Waals surface area contributed by atoms with Crippen molar-refractivity contribution in [1.82, 2.24) is 4.90 Å². The molecular formula is C5H10N2. The molecule has 0 aliphatic carbocycles. The molecule has 1 aliphatic heterocycles. The molecule has 2 atom stereocenters. The minimum Gasteiger partial charge on any atom is -0.315 e. The standard InChI is InChI=1S/C5H10N2/c1-2-3-7-4-5(7)6/h2,5H,1,3-4,6H2. The number of nitrogens with zero attached hydrogens (tertiary/aromatic N) is 1. The molecular weight excluding hydrogens is 88.1 g/mol. The van der Waals surface area contributed by atoms with Gasteiger partial charge in [-0.05, 0) is 0 Å². The fraction of sp³-hybridized carbons (Fsp3) is 0.600.